The van der Waals surface area contributed by atoms with E-state index in [0.29, 0.717) is 19.3 Å². The Balaban J connectivity index is 1.88. The standard InChI is InChI=1S/C9H16O3/c1-2-8(5-10)3-4-11-6-9-7-12-9/h5,8-9H,2-4,6-7H2,1H3. The molecule has 1 aliphatic heterocycles. The van der Waals surface area contributed by atoms with Crippen molar-refractivity contribution in [2.24, 2.45) is 5.92 Å². The van der Waals surface area contributed by atoms with E-state index in [0.717, 1.165) is 25.7 Å². The molecule has 3 heteroatoms. The summed E-state index contributed by atoms with van der Waals surface area (Å²) in [6, 6.07) is 0. The zero-order valence-electron chi connectivity index (χ0n) is 7.49. The molecule has 2 atom stereocenters. The molecule has 1 fully saturated rings. The van der Waals surface area contributed by atoms with Gasteiger partial charge < -0.3 is 14.3 Å². The summed E-state index contributed by atoms with van der Waals surface area (Å²) in [4.78, 5) is 10.4. The highest BCUT2D eigenvalue weighted by molar-refractivity contribution is 5.53. The fraction of sp³-hybridized carbons (Fsp3) is 0.889. The molecule has 0 spiro atoms. The van der Waals surface area contributed by atoms with Crippen LogP contribution in [0.5, 0.6) is 0 Å². The molecule has 0 saturated carbocycles. The third-order valence-electron chi connectivity index (χ3n) is 2.06. The molecule has 1 saturated heterocycles. The summed E-state index contributed by atoms with van der Waals surface area (Å²) in [6.07, 6.45) is 3.09. The molecular formula is C9H16O3. The van der Waals surface area contributed by atoms with Crippen LogP contribution in [0.25, 0.3) is 0 Å². The van der Waals surface area contributed by atoms with E-state index < -0.39 is 0 Å². The zero-order chi connectivity index (χ0) is 8.81. The number of hydrogen-bond acceptors (Lipinski definition) is 3. The molecule has 1 heterocycles. The van der Waals surface area contributed by atoms with Gasteiger partial charge in [0.2, 0.25) is 0 Å². The predicted octanol–water partition coefficient (Wildman–Crippen LogP) is 1.02. The lowest BCUT2D eigenvalue weighted by atomic mass is 10.1. The first-order valence-corrected chi connectivity index (χ1v) is 4.51. The van der Waals surface area contributed by atoms with Crippen LogP contribution in [0.1, 0.15) is 19.8 Å². The molecular weight excluding hydrogens is 156 g/mol. The largest absolute Gasteiger partial charge is 0.379 e. The number of carbonyl (C=O) groups is 1. The van der Waals surface area contributed by atoms with Crippen molar-refractivity contribution in [2.75, 3.05) is 19.8 Å². The van der Waals surface area contributed by atoms with Crippen LogP contribution in [-0.4, -0.2) is 32.2 Å². The van der Waals surface area contributed by atoms with Crippen molar-refractivity contribution < 1.29 is 14.3 Å². The predicted molar refractivity (Wildman–Crippen MR) is 45.0 cm³/mol. The fourth-order valence-corrected chi connectivity index (χ4v) is 0.982. The lowest BCUT2D eigenvalue weighted by Gasteiger charge is -2.06. The van der Waals surface area contributed by atoms with Crippen LogP contribution in [0.3, 0.4) is 0 Å². The molecule has 0 radical (unpaired) electrons. The maximum absolute atomic E-state index is 10.4. The van der Waals surface area contributed by atoms with Crippen LogP contribution in [0, 0.1) is 5.92 Å². The van der Waals surface area contributed by atoms with E-state index in [2.05, 4.69) is 0 Å². The first kappa shape index (κ1) is 9.68. The average molecular weight is 172 g/mol. The molecule has 0 aromatic heterocycles. The molecule has 0 aliphatic carbocycles. The highest BCUT2D eigenvalue weighted by atomic mass is 16.6. The van der Waals surface area contributed by atoms with Gasteiger partial charge in [-0.3, -0.25) is 0 Å². The monoisotopic (exact) mass is 172 g/mol. The Bertz CT molecular complexity index is 132. The van der Waals surface area contributed by atoms with Gasteiger partial charge in [-0.2, -0.15) is 0 Å². The average Bonchev–Trinajstić information content (AvgIpc) is 2.89. The molecule has 3 nitrogen and oxygen atoms in total. The van der Waals surface area contributed by atoms with Gasteiger partial charge >= 0.3 is 0 Å². The first-order chi connectivity index (χ1) is 5.86. The summed E-state index contributed by atoms with van der Waals surface area (Å²) in [5.74, 6) is 0.171. The Morgan fingerprint density at radius 1 is 1.75 bits per heavy atom. The molecule has 0 amide bonds. The minimum atomic E-state index is 0.171. The summed E-state index contributed by atoms with van der Waals surface area (Å²) in [6.45, 7) is 4.22. The second kappa shape index (κ2) is 5.27. The molecule has 0 N–H and O–H groups in total. The van der Waals surface area contributed by atoms with E-state index in [4.69, 9.17) is 9.47 Å². The maximum Gasteiger partial charge on any atom is 0.123 e. The van der Waals surface area contributed by atoms with Crippen LogP contribution in [-0.2, 0) is 14.3 Å². The molecule has 2 unspecified atom stereocenters. The highest BCUT2D eigenvalue weighted by Crippen LogP contribution is 2.10. The Hall–Kier alpha value is -0.410. The maximum atomic E-state index is 10.4. The van der Waals surface area contributed by atoms with Crippen LogP contribution in [0.2, 0.25) is 0 Å². The van der Waals surface area contributed by atoms with E-state index in [9.17, 15) is 4.79 Å². The Morgan fingerprint density at radius 3 is 3.00 bits per heavy atom. The minimum absolute atomic E-state index is 0.171. The van der Waals surface area contributed by atoms with Crippen molar-refractivity contribution in [3.8, 4) is 0 Å². The topological polar surface area (TPSA) is 38.8 Å². The summed E-state index contributed by atoms with van der Waals surface area (Å²) in [5.41, 5.74) is 0. The van der Waals surface area contributed by atoms with Gasteiger partial charge in [-0.25, -0.2) is 0 Å². The van der Waals surface area contributed by atoms with Crippen molar-refractivity contribution in [1.29, 1.82) is 0 Å². The molecule has 12 heavy (non-hydrogen) atoms. The van der Waals surface area contributed by atoms with Crippen LogP contribution >= 0.6 is 0 Å². The summed E-state index contributed by atoms with van der Waals surface area (Å²) in [7, 11) is 0. The second-order valence-electron chi connectivity index (χ2n) is 3.12. The van der Waals surface area contributed by atoms with Gasteiger partial charge in [0, 0.05) is 12.5 Å². The van der Waals surface area contributed by atoms with Crippen LogP contribution in [0.4, 0.5) is 0 Å². The molecule has 1 rings (SSSR count). The van der Waals surface area contributed by atoms with Crippen molar-refractivity contribution in [3.05, 3.63) is 0 Å². The zero-order valence-corrected chi connectivity index (χ0v) is 7.49. The minimum Gasteiger partial charge on any atom is -0.379 e. The van der Waals surface area contributed by atoms with Crippen molar-refractivity contribution in [1.82, 2.24) is 0 Å². The molecule has 1 aliphatic rings. The highest BCUT2D eigenvalue weighted by Gasteiger charge is 2.22. The first-order valence-electron chi connectivity index (χ1n) is 4.51. The summed E-state index contributed by atoms with van der Waals surface area (Å²) < 4.78 is 10.3. The Morgan fingerprint density at radius 2 is 2.50 bits per heavy atom. The van der Waals surface area contributed by atoms with Crippen molar-refractivity contribution in [3.63, 3.8) is 0 Å². The van der Waals surface area contributed by atoms with Crippen molar-refractivity contribution in [2.45, 2.75) is 25.9 Å². The van der Waals surface area contributed by atoms with Gasteiger partial charge in [0.25, 0.3) is 0 Å². The smallest absolute Gasteiger partial charge is 0.123 e. The molecule has 0 aromatic rings. The van der Waals surface area contributed by atoms with E-state index in [1.54, 1.807) is 0 Å². The van der Waals surface area contributed by atoms with E-state index in [-0.39, 0.29) is 5.92 Å². The number of ether oxygens (including phenoxy) is 2. The summed E-state index contributed by atoms with van der Waals surface area (Å²) in [5, 5.41) is 0. The van der Waals surface area contributed by atoms with E-state index >= 15 is 0 Å². The lowest BCUT2D eigenvalue weighted by Crippen LogP contribution is -2.08. The van der Waals surface area contributed by atoms with Gasteiger partial charge in [-0.15, -0.1) is 0 Å². The Labute approximate surface area is 73.0 Å². The molecule has 0 bridgehead atoms. The third kappa shape index (κ3) is 3.83. The van der Waals surface area contributed by atoms with Gasteiger partial charge in [-0.05, 0) is 12.8 Å². The second-order valence-corrected chi connectivity index (χ2v) is 3.12. The number of aldehydes is 1. The van der Waals surface area contributed by atoms with E-state index in [1.165, 1.54) is 0 Å². The van der Waals surface area contributed by atoms with Crippen LogP contribution < -0.4 is 0 Å². The van der Waals surface area contributed by atoms with Crippen molar-refractivity contribution >= 4 is 6.29 Å². The number of rotatable bonds is 7. The van der Waals surface area contributed by atoms with Gasteiger partial charge in [0.15, 0.2) is 0 Å². The number of epoxide rings is 1. The SMILES string of the molecule is CCC(C=O)CCOCC1CO1. The van der Waals surface area contributed by atoms with E-state index in [1.807, 2.05) is 6.92 Å². The lowest BCUT2D eigenvalue weighted by molar-refractivity contribution is -0.111. The number of hydrogen-bond donors (Lipinski definition) is 0. The van der Waals surface area contributed by atoms with Gasteiger partial charge in [0.05, 0.1) is 13.2 Å². The van der Waals surface area contributed by atoms with Crippen LogP contribution in [0.15, 0.2) is 0 Å². The molecule has 0 aromatic carbocycles. The Kier molecular flexibility index (Phi) is 4.25. The normalized spacial score (nSPS) is 23.6. The third-order valence-corrected chi connectivity index (χ3v) is 2.06. The fourth-order valence-electron chi connectivity index (χ4n) is 0.982. The summed E-state index contributed by atoms with van der Waals surface area (Å²) >= 11 is 0. The molecule has 70 valence electrons. The van der Waals surface area contributed by atoms with Gasteiger partial charge in [0.1, 0.15) is 12.4 Å². The number of carbonyl (C=O) groups excluding carboxylic acids is 1. The van der Waals surface area contributed by atoms with Gasteiger partial charge in [-0.1, -0.05) is 6.92 Å². The quantitative estimate of drug-likeness (QED) is 0.327.